The zero-order valence-electron chi connectivity index (χ0n) is 15.7. The van der Waals surface area contributed by atoms with Gasteiger partial charge in [0.2, 0.25) is 0 Å². The molecule has 0 aliphatic heterocycles. The summed E-state index contributed by atoms with van der Waals surface area (Å²) in [5, 5.41) is 0. The van der Waals surface area contributed by atoms with Gasteiger partial charge in [-0.3, -0.25) is 0 Å². The van der Waals surface area contributed by atoms with E-state index >= 15 is 0 Å². The molecule has 0 bridgehead atoms. The van der Waals surface area contributed by atoms with Gasteiger partial charge in [0.1, 0.15) is 11.5 Å². The van der Waals surface area contributed by atoms with E-state index in [2.05, 4.69) is 6.58 Å². The molecule has 0 spiro atoms. The van der Waals surface area contributed by atoms with E-state index < -0.39 is 10.1 Å². The third kappa shape index (κ3) is 5.02. The highest BCUT2D eigenvalue weighted by Gasteiger charge is 2.19. The van der Waals surface area contributed by atoms with Gasteiger partial charge in [0.15, 0.2) is 11.5 Å². The summed E-state index contributed by atoms with van der Waals surface area (Å²) < 4.78 is 36.6. The minimum Gasteiger partial charge on any atom is -0.485 e. The van der Waals surface area contributed by atoms with Crippen molar-refractivity contribution >= 4 is 10.1 Å². The van der Waals surface area contributed by atoms with Gasteiger partial charge in [0, 0.05) is 0 Å². The molecule has 0 saturated carbocycles. The van der Waals surface area contributed by atoms with Gasteiger partial charge in [0.25, 0.3) is 0 Å². The fourth-order valence-corrected chi connectivity index (χ4v) is 3.57. The predicted molar refractivity (Wildman–Crippen MR) is 110 cm³/mol. The van der Waals surface area contributed by atoms with Crippen LogP contribution in [-0.4, -0.2) is 8.42 Å². The smallest absolute Gasteiger partial charge is 0.339 e. The Morgan fingerprint density at radius 2 is 1.61 bits per heavy atom. The number of benzene rings is 3. The molecule has 0 aliphatic carbocycles. The van der Waals surface area contributed by atoms with Crippen molar-refractivity contribution in [2.24, 2.45) is 0 Å². The Hall–Kier alpha value is -3.05. The van der Waals surface area contributed by atoms with Gasteiger partial charge in [0.05, 0.1) is 0 Å². The highest BCUT2D eigenvalue weighted by atomic mass is 32.2. The number of rotatable bonds is 8. The summed E-state index contributed by atoms with van der Waals surface area (Å²) in [7, 11) is -3.96. The summed E-state index contributed by atoms with van der Waals surface area (Å²) in [6.07, 6.45) is 2.42. The molecule has 28 heavy (non-hydrogen) atoms. The third-order valence-electron chi connectivity index (χ3n) is 4.13. The molecule has 144 valence electrons. The highest BCUT2D eigenvalue weighted by Crippen LogP contribution is 2.32. The number of ether oxygens (including phenoxy) is 1. The monoisotopic (exact) mass is 394 g/mol. The molecule has 0 atom stereocenters. The molecule has 0 unspecified atom stereocenters. The molecule has 3 aromatic rings. The summed E-state index contributed by atoms with van der Waals surface area (Å²) in [6.45, 7) is 5.94. The van der Waals surface area contributed by atoms with Crippen LogP contribution in [0.15, 0.2) is 90.3 Å². The summed E-state index contributed by atoms with van der Waals surface area (Å²) in [5.41, 5.74) is 2.90. The van der Waals surface area contributed by atoms with Crippen LogP contribution < -0.4 is 8.92 Å². The maximum atomic E-state index is 12.7. The van der Waals surface area contributed by atoms with Gasteiger partial charge < -0.3 is 8.92 Å². The van der Waals surface area contributed by atoms with Crippen LogP contribution in [0, 0.1) is 6.92 Å². The zero-order valence-corrected chi connectivity index (χ0v) is 16.5. The fourth-order valence-electron chi connectivity index (χ4n) is 2.63. The van der Waals surface area contributed by atoms with E-state index in [-0.39, 0.29) is 10.6 Å². The molecular formula is C23H22O4S. The molecule has 3 rings (SSSR count). The number of hydrogen-bond acceptors (Lipinski definition) is 4. The molecule has 4 nitrogen and oxygen atoms in total. The van der Waals surface area contributed by atoms with E-state index in [9.17, 15) is 8.42 Å². The van der Waals surface area contributed by atoms with Gasteiger partial charge in [-0.15, -0.1) is 6.58 Å². The minimum atomic E-state index is -3.96. The average molecular weight is 394 g/mol. The summed E-state index contributed by atoms with van der Waals surface area (Å²) in [5.74, 6) is 0.531. The Morgan fingerprint density at radius 1 is 0.893 bits per heavy atom. The van der Waals surface area contributed by atoms with E-state index in [4.69, 9.17) is 8.92 Å². The lowest BCUT2D eigenvalue weighted by molar-refractivity contribution is 0.296. The standard InChI is InChI=1S/C23H22O4S/c1-3-7-19-12-15-22(23(16-19)26-17-20-8-5-4-6-9-20)27-28(24,25)21-13-10-18(2)11-14-21/h3-6,8-16H,1,7,17H2,2H3. The second-order valence-electron chi connectivity index (χ2n) is 6.40. The first-order valence-electron chi connectivity index (χ1n) is 8.89. The van der Waals surface area contributed by atoms with Crippen molar-refractivity contribution in [1.82, 2.24) is 0 Å². The summed E-state index contributed by atoms with van der Waals surface area (Å²) >= 11 is 0. The SMILES string of the molecule is C=CCc1ccc(OS(=O)(=O)c2ccc(C)cc2)c(OCc2ccccc2)c1. The van der Waals surface area contributed by atoms with Crippen molar-refractivity contribution in [3.8, 4) is 11.5 Å². The van der Waals surface area contributed by atoms with Crippen LogP contribution in [0.3, 0.4) is 0 Å². The lowest BCUT2D eigenvalue weighted by Crippen LogP contribution is -2.11. The van der Waals surface area contributed by atoms with Crippen LogP contribution in [0.2, 0.25) is 0 Å². The molecule has 5 heteroatoms. The Balaban J connectivity index is 1.88. The average Bonchev–Trinajstić information content (AvgIpc) is 2.69. The third-order valence-corrected chi connectivity index (χ3v) is 5.38. The molecule has 0 N–H and O–H groups in total. The quantitative estimate of drug-likeness (QED) is 0.395. The fraction of sp³-hybridized carbons (Fsp3) is 0.130. The zero-order chi connectivity index (χ0) is 20.0. The van der Waals surface area contributed by atoms with Gasteiger partial charge in [-0.1, -0.05) is 60.2 Å². The number of hydrogen-bond donors (Lipinski definition) is 0. The first-order valence-corrected chi connectivity index (χ1v) is 10.3. The van der Waals surface area contributed by atoms with Gasteiger partial charge in [-0.25, -0.2) is 0 Å². The lowest BCUT2D eigenvalue weighted by atomic mass is 10.1. The molecule has 0 amide bonds. The van der Waals surface area contributed by atoms with Gasteiger partial charge in [-0.2, -0.15) is 8.42 Å². The lowest BCUT2D eigenvalue weighted by Gasteiger charge is -2.14. The maximum absolute atomic E-state index is 12.7. The number of allylic oxidation sites excluding steroid dienone is 1. The van der Waals surface area contributed by atoms with Crippen LogP contribution in [0.1, 0.15) is 16.7 Å². The van der Waals surface area contributed by atoms with E-state index in [1.54, 1.807) is 36.4 Å². The van der Waals surface area contributed by atoms with Crippen molar-refractivity contribution in [1.29, 1.82) is 0 Å². The van der Waals surface area contributed by atoms with Crippen LogP contribution in [-0.2, 0) is 23.1 Å². The largest absolute Gasteiger partial charge is 0.485 e. The molecule has 0 saturated heterocycles. The van der Waals surface area contributed by atoms with Crippen molar-refractivity contribution in [2.45, 2.75) is 24.8 Å². The first kappa shape index (κ1) is 19.7. The van der Waals surface area contributed by atoms with E-state index in [0.29, 0.717) is 18.8 Å². The Labute approximate surface area is 166 Å². The molecule has 0 fully saturated rings. The summed E-state index contributed by atoms with van der Waals surface area (Å²) in [6, 6.07) is 21.4. The van der Waals surface area contributed by atoms with E-state index in [1.807, 2.05) is 37.3 Å². The molecule has 0 heterocycles. The van der Waals surface area contributed by atoms with Crippen molar-refractivity contribution < 1.29 is 17.3 Å². The van der Waals surface area contributed by atoms with Crippen LogP contribution in [0.5, 0.6) is 11.5 Å². The summed E-state index contributed by atoms with van der Waals surface area (Å²) in [4.78, 5) is 0.0993. The molecule has 0 aromatic heterocycles. The maximum Gasteiger partial charge on any atom is 0.339 e. The Kier molecular flexibility index (Phi) is 6.16. The van der Waals surface area contributed by atoms with Crippen molar-refractivity contribution in [3.05, 3.63) is 102 Å². The van der Waals surface area contributed by atoms with E-state index in [0.717, 1.165) is 16.7 Å². The Bertz CT molecular complexity index is 1040. The molecule has 3 aromatic carbocycles. The van der Waals surface area contributed by atoms with Crippen LogP contribution >= 0.6 is 0 Å². The normalized spacial score (nSPS) is 11.0. The second-order valence-corrected chi connectivity index (χ2v) is 7.94. The predicted octanol–water partition coefficient (Wildman–Crippen LogP) is 5.07. The van der Waals surface area contributed by atoms with Gasteiger partial charge in [-0.05, 0) is 48.7 Å². The first-order chi connectivity index (χ1) is 13.5. The van der Waals surface area contributed by atoms with Crippen LogP contribution in [0.4, 0.5) is 0 Å². The molecule has 0 radical (unpaired) electrons. The van der Waals surface area contributed by atoms with E-state index in [1.165, 1.54) is 12.1 Å². The van der Waals surface area contributed by atoms with Crippen molar-refractivity contribution in [2.75, 3.05) is 0 Å². The Morgan fingerprint density at radius 3 is 2.29 bits per heavy atom. The minimum absolute atomic E-state index is 0.0993. The second kappa shape index (κ2) is 8.76. The van der Waals surface area contributed by atoms with Crippen LogP contribution in [0.25, 0.3) is 0 Å². The molecule has 0 aliphatic rings. The van der Waals surface area contributed by atoms with Crippen molar-refractivity contribution in [3.63, 3.8) is 0 Å². The van der Waals surface area contributed by atoms with Gasteiger partial charge >= 0.3 is 10.1 Å². The number of aryl methyl sites for hydroxylation is 1. The topological polar surface area (TPSA) is 52.6 Å². The highest BCUT2D eigenvalue weighted by molar-refractivity contribution is 7.87. The molecular weight excluding hydrogens is 372 g/mol.